The number of carboxylic acids is 1. The van der Waals surface area contributed by atoms with Crippen LogP contribution in [0.1, 0.15) is 23.2 Å². The predicted octanol–water partition coefficient (Wildman–Crippen LogP) is 2.20. The van der Waals surface area contributed by atoms with Crippen molar-refractivity contribution in [3.63, 3.8) is 0 Å². The van der Waals surface area contributed by atoms with E-state index >= 15 is 0 Å². The SMILES string of the molecule is CN1CCN(CC2CCN(c3noc(-c4ccccc4)c3C(=O)O)CC2)CC1.O=CO. The quantitative estimate of drug-likeness (QED) is 0.690. The number of hydrogen-bond donors (Lipinski definition) is 2. The van der Waals surface area contributed by atoms with E-state index in [4.69, 9.17) is 14.4 Å². The van der Waals surface area contributed by atoms with Crippen molar-refractivity contribution in [2.24, 2.45) is 5.92 Å². The third-order valence-electron chi connectivity index (χ3n) is 5.95. The minimum Gasteiger partial charge on any atom is -0.483 e. The molecule has 2 N–H and O–H groups in total. The molecule has 2 aliphatic heterocycles. The Morgan fingerprint density at radius 1 is 1.13 bits per heavy atom. The van der Waals surface area contributed by atoms with E-state index in [1.165, 1.54) is 0 Å². The van der Waals surface area contributed by atoms with Crippen LogP contribution >= 0.6 is 0 Å². The molecule has 1 aromatic carbocycles. The molecule has 3 heterocycles. The van der Waals surface area contributed by atoms with Gasteiger partial charge in [0.1, 0.15) is 0 Å². The molecule has 2 saturated heterocycles. The molecule has 4 rings (SSSR count). The topological polar surface area (TPSA) is 110 Å². The van der Waals surface area contributed by atoms with E-state index in [9.17, 15) is 9.90 Å². The van der Waals surface area contributed by atoms with Crippen LogP contribution in [-0.2, 0) is 4.79 Å². The molecule has 9 heteroatoms. The smallest absolute Gasteiger partial charge is 0.343 e. The fourth-order valence-corrected chi connectivity index (χ4v) is 4.20. The van der Waals surface area contributed by atoms with Gasteiger partial charge in [0, 0.05) is 51.4 Å². The van der Waals surface area contributed by atoms with Gasteiger partial charge in [0.2, 0.25) is 0 Å². The number of benzene rings is 1. The molecule has 2 fully saturated rings. The Labute approximate surface area is 181 Å². The van der Waals surface area contributed by atoms with E-state index in [2.05, 4.69) is 26.9 Å². The van der Waals surface area contributed by atoms with Crippen LogP contribution in [0.2, 0.25) is 0 Å². The summed E-state index contributed by atoms with van der Waals surface area (Å²) < 4.78 is 5.47. The first-order valence-electron chi connectivity index (χ1n) is 10.6. The van der Waals surface area contributed by atoms with Crippen LogP contribution in [0.15, 0.2) is 34.9 Å². The molecule has 0 radical (unpaired) electrons. The highest BCUT2D eigenvalue weighted by Gasteiger charge is 2.30. The van der Waals surface area contributed by atoms with Crippen LogP contribution in [0, 0.1) is 5.92 Å². The van der Waals surface area contributed by atoms with E-state index in [1.807, 2.05) is 30.3 Å². The number of carboxylic acid groups (broad SMARTS) is 2. The Kier molecular flexibility index (Phi) is 8.02. The van der Waals surface area contributed by atoms with Crippen molar-refractivity contribution in [3.05, 3.63) is 35.9 Å². The maximum Gasteiger partial charge on any atom is 0.343 e. The summed E-state index contributed by atoms with van der Waals surface area (Å²) in [6, 6.07) is 9.32. The molecule has 168 valence electrons. The zero-order chi connectivity index (χ0) is 22.2. The molecule has 0 spiro atoms. The Hall–Kier alpha value is -2.91. The Balaban J connectivity index is 0.000000858. The molecular formula is C22H30N4O5. The number of likely N-dealkylation sites (N-methyl/N-ethyl adjacent to an activating group) is 1. The summed E-state index contributed by atoms with van der Waals surface area (Å²) in [4.78, 5) is 27.3. The Bertz CT molecular complexity index is 841. The van der Waals surface area contributed by atoms with E-state index < -0.39 is 5.97 Å². The summed E-state index contributed by atoms with van der Waals surface area (Å²) in [7, 11) is 2.18. The lowest BCUT2D eigenvalue weighted by Gasteiger charge is -2.38. The molecule has 0 saturated carbocycles. The second kappa shape index (κ2) is 10.9. The van der Waals surface area contributed by atoms with Gasteiger partial charge in [-0.3, -0.25) is 4.79 Å². The number of aromatic nitrogens is 1. The van der Waals surface area contributed by atoms with E-state index in [1.54, 1.807) is 0 Å². The predicted molar refractivity (Wildman–Crippen MR) is 116 cm³/mol. The van der Waals surface area contributed by atoms with Crippen molar-refractivity contribution in [2.45, 2.75) is 12.8 Å². The number of nitrogens with zero attached hydrogens (tertiary/aromatic N) is 4. The molecule has 0 bridgehead atoms. The lowest BCUT2D eigenvalue weighted by Crippen LogP contribution is -2.47. The summed E-state index contributed by atoms with van der Waals surface area (Å²) in [6.07, 6.45) is 2.11. The Morgan fingerprint density at radius 2 is 1.74 bits per heavy atom. The number of carbonyl (C=O) groups is 2. The zero-order valence-corrected chi connectivity index (χ0v) is 17.8. The van der Waals surface area contributed by atoms with Gasteiger partial charge in [-0.25, -0.2) is 4.79 Å². The van der Waals surface area contributed by atoms with E-state index in [0.717, 1.165) is 64.2 Å². The van der Waals surface area contributed by atoms with Crippen LogP contribution in [0.5, 0.6) is 0 Å². The lowest BCUT2D eigenvalue weighted by molar-refractivity contribution is -0.122. The maximum absolute atomic E-state index is 11.9. The summed E-state index contributed by atoms with van der Waals surface area (Å²) >= 11 is 0. The van der Waals surface area contributed by atoms with Gasteiger partial charge < -0.3 is 29.4 Å². The number of aromatic carboxylic acids is 1. The van der Waals surface area contributed by atoms with Gasteiger partial charge in [-0.05, 0) is 25.8 Å². The zero-order valence-electron chi connectivity index (χ0n) is 17.8. The van der Waals surface area contributed by atoms with Crippen molar-refractivity contribution in [1.29, 1.82) is 0 Å². The number of hydrogen-bond acceptors (Lipinski definition) is 7. The summed E-state index contributed by atoms with van der Waals surface area (Å²) in [5.41, 5.74) is 0.910. The molecule has 31 heavy (non-hydrogen) atoms. The number of rotatable bonds is 5. The first-order chi connectivity index (χ1) is 15.0. The second-order valence-electron chi connectivity index (χ2n) is 8.02. The average Bonchev–Trinajstić information content (AvgIpc) is 3.23. The van der Waals surface area contributed by atoms with Crippen LogP contribution in [-0.4, -0.2) is 90.5 Å². The first-order valence-corrected chi connectivity index (χ1v) is 10.6. The summed E-state index contributed by atoms with van der Waals surface area (Å²) in [5, 5.41) is 20.8. The maximum atomic E-state index is 11.9. The Morgan fingerprint density at radius 3 is 2.32 bits per heavy atom. The molecule has 1 aromatic heterocycles. The molecule has 2 aromatic rings. The third-order valence-corrected chi connectivity index (χ3v) is 5.95. The van der Waals surface area contributed by atoms with Crippen molar-refractivity contribution < 1.29 is 24.3 Å². The van der Waals surface area contributed by atoms with Gasteiger partial charge in [0.25, 0.3) is 6.47 Å². The average molecular weight is 431 g/mol. The molecule has 0 atom stereocenters. The minimum atomic E-state index is -0.991. The first kappa shape index (κ1) is 22.8. The lowest BCUT2D eigenvalue weighted by atomic mass is 9.95. The van der Waals surface area contributed by atoms with Crippen LogP contribution in [0.4, 0.5) is 5.82 Å². The standard InChI is InChI=1S/C21H28N4O3.CH2O2/c1-23-11-13-24(14-12-23)15-16-7-9-25(10-8-16)20-18(21(26)27)19(28-22-20)17-5-3-2-4-6-17;2-1-3/h2-6,16H,7-15H2,1H3,(H,26,27);1H,(H,2,3). The number of piperazine rings is 1. The highest BCUT2D eigenvalue weighted by atomic mass is 16.5. The van der Waals surface area contributed by atoms with Gasteiger partial charge in [0.15, 0.2) is 17.1 Å². The van der Waals surface area contributed by atoms with Gasteiger partial charge in [-0.2, -0.15) is 0 Å². The van der Waals surface area contributed by atoms with Crippen molar-refractivity contribution >= 4 is 18.3 Å². The monoisotopic (exact) mass is 430 g/mol. The second-order valence-corrected chi connectivity index (χ2v) is 8.02. The van der Waals surface area contributed by atoms with Crippen molar-refractivity contribution in [3.8, 4) is 11.3 Å². The van der Waals surface area contributed by atoms with Gasteiger partial charge >= 0.3 is 5.97 Å². The van der Waals surface area contributed by atoms with E-state index in [-0.39, 0.29) is 12.0 Å². The molecule has 2 aliphatic rings. The van der Waals surface area contributed by atoms with Crippen molar-refractivity contribution in [2.75, 3.05) is 57.8 Å². The number of anilines is 1. The fourth-order valence-electron chi connectivity index (χ4n) is 4.20. The third kappa shape index (κ3) is 5.83. The normalized spacial score (nSPS) is 18.3. The summed E-state index contributed by atoms with van der Waals surface area (Å²) in [5.74, 6) is 0.468. The largest absolute Gasteiger partial charge is 0.483 e. The summed E-state index contributed by atoms with van der Waals surface area (Å²) in [6.45, 7) is 7.09. The van der Waals surface area contributed by atoms with Crippen molar-refractivity contribution in [1.82, 2.24) is 15.0 Å². The highest BCUT2D eigenvalue weighted by molar-refractivity contribution is 5.99. The van der Waals surface area contributed by atoms with Gasteiger partial charge in [-0.1, -0.05) is 35.5 Å². The molecule has 0 amide bonds. The van der Waals surface area contributed by atoms with Crippen LogP contribution in [0.3, 0.4) is 0 Å². The fraction of sp³-hybridized carbons (Fsp3) is 0.500. The minimum absolute atomic E-state index is 0.170. The molecule has 0 unspecified atom stereocenters. The van der Waals surface area contributed by atoms with Crippen LogP contribution < -0.4 is 4.90 Å². The van der Waals surface area contributed by atoms with Gasteiger partial charge in [-0.15, -0.1) is 0 Å². The molecule has 0 aliphatic carbocycles. The van der Waals surface area contributed by atoms with Gasteiger partial charge in [0.05, 0.1) is 0 Å². The molecular weight excluding hydrogens is 400 g/mol. The molecule has 9 nitrogen and oxygen atoms in total. The number of piperidine rings is 1. The van der Waals surface area contributed by atoms with Crippen LogP contribution in [0.25, 0.3) is 11.3 Å². The van der Waals surface area contributed by atoms with E-state index in [0.29, 0.717) is 17.5 Å². The highest BCUT2D eigenvalue weighted by Crippen LogP contribution is 2.33.